The van der Waals surface area contributed by atoms with Crippen molar-refractivity contribution in [3.05, 3.63) is 11.6 Å². The molecule has 5 aliphatic carbocycles. The number of allylic oxidation sites excluding steroid dienone is 2. The van der Waals surface area contributed by atoms with Gasteiger partial charge in [0, 0.05) is 0 Å². The lowest BCUT2D eigenvalue weighted by Crippen LogP contribution is -2.69. The van der Waals surface area contributed by atoms with Crippen LogP contribution in [0.4, 0.5) is 0 Å². The Kier molecular flexibility index (Phi) is 16.3. The fourth-order valence-corrected chi connectivity index (χ4v) is 16.2. The Balaban J connectivity index is 1.03. The van der Waals surface area contributed by atoms with E-state index in [9.17, 15) is 80.5 Å². The molecule has 12 N–H and O–H groups in total. The zero-order chi connectivity index (χ0) is 57.3. The highest BCUT2D eigenvalue weighted by Crippen LogP contribution is 2.76. The molecule has 4 heterocycles. The number of Topliss-reactive ketones (excluding diaryl/α,β-unsaturated/α-hetero) is 1. The number of fused-ring (bicyclic) bond motifs is 7. The van der Waals surface area contributed by atoms with Crippen molar-refractivity contribution in [2.75, 3.05) is 6.61 Å². The highest BCUT2D eigenvalue weighted by molar-refractivity contribution is 5.88. The molecular formula is C54H82O24. The molecular weight excluding hydrogens is 1030 g/mol. The molecule has 0 bridgehead atoms. The highest BCUT2D eigenvalue weighted by atomic mass is 16.8. The number of esters is 1. The summed E-state index contributed by atoms with van der Waals surface area (Å²) < 4.78 is 47.9. The highest BCUT2D eigenvalue weighted by Gasteiger charge is 2.73. The average molecular weight is 1120 g/mol. The molecule has 0 radical (unpaired) electrons. The number of aliphatic hydroxyl groups excluding tert-OH is 11. The Hall–Kier alpha value is -2.70. The zero-order valence-corrected chi connectivity index (χ0v) is 45.3. The third-order valence-electron chi connectivity index (χ3n) is 21.1. The van der Waals surface area contributed by atoms with Gasteiger partial charge in [-0.1, -0.05) is 53.2 Å². The fraction of sp³-hybridized carbons (Fsp3) is 0.889. The number of aliphatic hydroxyl groups is 11. The van der Waals surface area contributed by atoms with E-state index in [0.29, 0.717) is 38.5 Å². The first-order valence-corrected chi connectivity index (χ1v) is 27.5. The van der Waals surface area contributed by atoms with Gasteiger partial charge in [0.15, 0.2) is 30.8 Å². The van der Waals surface area contributed by atoms with E-state index in [1.54, 1.807) is 6.92 Å². The third kappa shape index (κ3) is 9.27. The van der Waals surface area contributed by atoms with Gasteiger partial charge < -0.3 is 104 Å². The van der Waals surface area contributed by atoms with Crippen LogP contribution in [0.2, 0.25) is 0 Å². The van der Waals surface area contributed by atoms with Gasteiger partial charge in [0.05, 0.1) is 30.3 Å². The maximum atomic E-state index is 14.8. The standard InChI is InChI=1S/C54H82O24/c1-21-30(58)33(61)36(64)44(71-21)75-40-39(67)41(43(68)69)76-47(42(40)77-46-38(66)35(63)32(60)25(19-55)73-46)74-29-12-13-50(5)26(51(29,6)20-56)11-14-52(7)27(50)10-9-23-24-17-49(3,4)15-16-54(24,28(57)18-53(23,52)8)48(70)78-45-37(65)34(62)31(59)22(2)72-45/h9,20-22,24-30,32-42,44-47,55,57-58,60-67H,10-19H2,1-8H3,(H,68,69)/t21-,22+,24-,25+,26+,27+,28+,29-,30-,32-,33+,34-,35-,36+,37+,38+,39-,40-,41-,42+,44-,45-,46-,47+,50-,51-,52+,53+,54+/m0/s1. The molecule has 4 saturated heterocycles. The van der Waals surface area contributed by atoms with Gasteiger partial charge in [-0.15, -0.1) is 0 Å². The lowest BCUT2D eigenvalue weighted by Gasteiger charge is -2.71. The molecule has 442 valence electrons. The number of carbonyl (C=O) groups excluding carboxylic acids is 3. The first kappa shape index (κ1) is 59.9. The molecule has 78 heavy (non-hydrogen) atoms. The maximum Gasteiger partial charge on any atom is 0.335 e. The van der Waals surface area contributed by atoms with Crippen molar-refractivity contribution >= 4 is 24.0 Å². The number of carboxylic acids is 1. The van der Waals surface area contributed by atoms with Crippen LogP contribution < -0.4 is 0 Å². The molecule has 9 rings (SSSR count). The lowest BCUT2D eigenvalue weighted by molar-refractivity contribution is -0.394. The van der Waals surface area contributed by atoms with Gasteiger partial charge in [0.25, 0.3) is 0 Å². The van der Waals surface area contributed by atoms with Crippen molar-refractivity contribution in [2.24, 2.45) is 50.2 Å². The Morgan fingerprint density at radius 3 is 1.96 bits per heavy atom. The summed E-state index contributed by atoms with van der Waals surface area (Å²) in [6.45, 7) is 14.4. The summed E-state index contributed by atoms with van der Waals surface area (Å²) in [6, 6.07) is 0. The molecule has 0 unspecified atom stereocenters. The third-order valence-corrected chi connectivity index (χ3v) is 21.1. The molecule has 0 aromatic rings. The van der Waals surface area contributed by atoms with Gasteiger partial charge in [-0.3, -0.25) is 9.59 Å². The number of ether oxygens (including phenoxy) is 8. The van der Waals surface area contributed by atoms with Crippen molar-refractivity contribution in [1.82, 2.24) is 0 Å². The van der Waals surface area contributed by atoms with Crippen LogP contribution in [0.15, 0.2) is 11.6 Å². The first-order valence-electron chi connectivity index (χ1n) is 27.5. The Labute approximate surface area is 451 Å². The molecule has 9 aliphatic rings. The molecule has 24 nitrogen and oxygen atoms in total. The van der Waals surface area contributed by atoms with Crippen LogP contribution in [-0.2, 0) is 57.1 Å². The van der Waals surface area contributed by atoms with E-state index in [2.05, 4.69) is 40.7 Å². The Bertz CT molecular complexity index is 2300. The van der Waals surface area contributed by atoms with Crippen molar-refractivity contribution in [3.8, 4) is 0 Å². The van der Waals surface area contributed by atoms with E-state index < -0.39 is 192 Å². The molecule has 0 amide bonds. The monoisotopic (exact) mass is 1110 g/mol. The quantitative estimate of drug-likeness (QED) is 0.0483. The van der Waals surface area contributed by atoms with Gasteiger partial charge in [0.2, 0.25) is 6.29 Å². The van der Waals surface area contributed by atoms with Crippen LogP contribution in [0, 0.1) is 50.2 Å². The summed E-state index contributed by atoms with van der Waals surface area (Å²) in [5.41, 5.74) is -3.92. The molecule has 29 atom stereocenters. The summed E-state index contributed by atoms with van der Waals surface area (Å²) in [4.78, 5) is 54.1. The first-order chi connectivity index (χ1) is 36.4. The van der Waals surface area contributed by atoms with E-state index in [1.807, 2.05) is 0 Å². The van der Waals surface area contributed by atoms with Crippen LogP contribution in [0.5, 0.6) is 0 Å². The lowest BCUT2D eigenvalue weighted by atomic mass is 9.33. The van der Waals surface area contributed by atoms with Gasteiger partial charge in [0.1, 0.15) is 91.1 Å². The normalized spacial score (nSPS) is 54.0. The van der Waals surface area contributed by atoms with Crippen molar-refractivity contribution in [3.63, 3.8) is 0 Å². The second-order valence-corrected chi connectivity index (χ2v) is 25.8. The minimum Gasteiger partial charge on any atom is -0.479 e. The van der Waals surface area contributed by atoms with Gasteiger partial charge in [-0.05, 0) is 111 Å². The van der Waals surface area contributed by atoms with Crippen LogP contribution in [-0.4, -0.2) is 221 Å². The van der Waals surface area contributed by atoms with E-state index in [1.165, 1.54) is 13.8 Å². The number of hydrogen-bond donors (Lipinski definition) is 12. The predicted molar refractivity (Wildman–Crippen MR) is 261 cm³/mol. The number of carbonyl (C=O) groups is 4. The molecule has 8 fully saturated rings. The van der Waals surface area contributed by atoms with E-state index >= 15 is 0 Å². The van der Waals surface area contributed by atoms with E-state index in [-0.39, 0.29) is 30.6 Å². The molecule has 4 aliphatic heterocycles. The fourth-order valence-electron chi connectivity index (χ4n) is 16.2. The van der Waals surface area contributed by atoms with Crippen LogP contribution >= 0.6 is 0 Å². The Morgan fingerprint density at radius 1 is 0.679 bits per heavy atom. The van der Waals surface area contributed by atoms with Gasteiger partial charge in [-0.2, -0.15) is 0 Å². The summed E-state index contributed by atoms with van der Waals surface area (Å²) in [6.07, 6.45) is -29.9. The van der Waals surface area contributed by atoms with Crippen molar-refractivity contribution in [2.45, 2.75) is 242 Å². The number of hydrogen-bond acceptors (Lipinski definition) is 23. The molecule has 0 aromatic heterocycles. The number of aldehydes is 1. The second kappa shape index (κ2) is 21.2. The molecule has 24 heteroatoms. The largest absolute Gasteiger partial charge is 0.479 e. The molecule has 4 saturated carbocycles. The summed E-state index contributed by atoms with van der Waals surface area (Å²) in [7, 11) is 0. The number of rotatable bonds is 11. The van der Waals surface area contributed by atoms with Gasteiger partial charge >= 0.3 is 11.9 Å². The number of carboxylic acid groups (broad SMARTS) is 1. The van der Waals surface area contributed by atoms with E-state index in [0.717, 1.165) is 11.9 Å². The van der Waals surface area contributed by atoms with Crippen LogP contribution in [0.3, 0.4) is 0 Å². The zero-order valence-electron chi connectivity index (χ0n) is 45.3. The van der Waals surface area contributed by atoms with Crippen molar-refractivity contribution < 1.29 is 118 Å². The summed E-state index contributed by atoms with van der Waals surface area (Å²) in [5, 5.41) is 131. The number of ketones is 1. The average Bonchev–Trinajstić information content (AvgIpc) is 3.55. The Morgan fingerprint density at radius 2 is 1.32 bits per heavy atom. The minimum atomic E-state index is -2.18. The number of aliphatic carboxylic acids is 1. The predicted octanol–water partition coefficient (Wildman–Crippen LogP) is -1.53. The van der Waals surface area contributed by atoms with Crippen LogP contribution in [0.1, 0.15) is 113 Å². The van der Waals surface area contributed by atoms with Gasteiger partial charge in [-0.25, -0.2) is 4.79 Å². The maximum absolute atomic E-state index is 14.8. The SMILES string of the molecule is C[C@@H]1O[C@@H](O[C@H]2[C@H](O)[C@@H](C(=O)O)O[C@@H](O[C@H]3CC[C@]4(C)[C@H]5CC=C6[C@@H]7CC(C)(C)CC[C@]7(C(=O)O[C@@H]7O[C@H](C)C(=O)[C@H](O)[C@H]7O)[C@H](O)C[C@@]6(C)[C@]5(C)CC[C@H]4[C@]3(C)C=O)[C@@H]2O[C@@H]2O[C@H](CO)[C@H](O)[C@H](O)[C@H]2O)[C@H](O)[C@H](O)[C@H]1O. The second-order valence-electron chi connectivity index (χ2n) is 25.8. The summed E-state index contributed by atoms with van der Waals surface area (Å²) >= 11 is 0. The van der Waals surface area contributed by atoms with Crippen molar-refractivity contribution in [1.29, 1.82) is 0 Å². The minimum absolute atomic E-state index is 0.122. The van der Waals surface area contributed by atoms with Crippen LogP contribution in [0.25, 0.3) is 0 Å². The van der Waals surface area contributed by atoms with E-state index in [4.69, 9.17) is 37.9 Å². The molecule has 0 aromatic carbocycles. The topological polar surface area (TPSA) is 385 Å². The summed E-state index contributed by atoms with van der Waals surface area (Å²) in [5.74, 6) is -4.28. The smallest absolute Gasteiger partial charge is 0.335 e. The molecule has 0 spiro atoms.